The standard InChI is InChI=1S/C18H21N3O4/c1-4-19-16(22)13-9-15(17(23)20-10-13)18(24)21(2)11-12-6-5-7-14(8-12)25-3/h5-10H,4,11H2,1-3H3,(H,19,22)(H,20,23). The van der Waals surface area contributed by atoms with Crippen LogP contribution in [0.3, 0.4) is 0 Å². The van der Waals surface area contributed by atoms with Gasteiger partial charge in [-0.05, 0) is 30.7 Å². The maximum Gasteiger partial charge on any atom is 0.260 e. The molecule has 2 amide bonds. The van der Waals surface area contributed by atoms with E-state index in [1.165, 1.54) is 17.2 Å². The minimum Gasteiger partial charge on any atom is -0.497 e. The van der Waals surface area contributed by atoms with E-state index in [0.717, 1.165) is 5.56 Å². The number of hydrogen-bond donors (Lipinski definition) is 2. The molecule has 0 saturated carbocycles. The predicted octanol–water partition coefficient (Wildman–Crippen LogP) is 1.41. The van der Waals surface area contributed by atoms with E-state index in [-0.39, 0.29) is 17.0 Å². The Bertz CT molecular complexity index is 829. The van der Waals surface area contributed by atoms with Crippen LogP contribution in [0.1, 0.15) is 33.2 Å². The third-order valence-corrected chi connectivity index (χ3v) is 3.63. The molecule has 1 aromatic heterocycles. The number of methoxy groups -OCH3 is 1. The molecule has 1 aromatic carbocycles. The van der Waals surface area contributed by atoms with Crippen molar-refractivity contribution in [2.24, 2.45) is 0 Å². The second-order valence-electron chi connectivity index (χ2n) is 5.50. The molecule has 0 fully saturated rings. The summed E-state index contributed by atoms with van der Waals surface area (Å²) in [5.41, 5.74) is 0.496. The number of hydrogen-bond acceptors (Lipinski definition) is 4. The molecule has 0 spiro atoms. The molecule has 25 heavy (non-hydrogen) atoms. The molecule has 1 heterocycles. The first-order valence-corrected chi connectivity index (χ1v) is 7.85. The Morgan fingerprint density at radius 3 is 2.72 bits per heavy atom. The van der Waals surface area contributed by atoms with Gasteiger partial charge in [-0.3, -0.25) is 14.4 Å². The molecule has 0 aliphatic rings. The highest BCUT2D eigenvalue weighted by molar-refractivity contribution is 5.99. The molecule has 7 nitrogen and oxygen atoms in total. The topological polar surface area (TPSA) is 91.5 Å². The largest absolute Gasteiger partial charge is 0.497 e. The van der Waals surface area contributed by atoms with Crippen molar-refractivity contribution >= 4 is 11.8 Å². The molecule has 7 heteroatoms. The van der Waals surface area contributed by atoms with Crippen LogP contribution in [-0.2, 0) is 6.54 Å². The summed E-state index contributed by atoms with van der Waals surface area (Å²) >= 11 is 0. The zero-order valence-electron chi connectivity index (χ0n) is 14.5. The van der Waals surface area contributed by atoms with Crippen molar-refractivity contribution < 1.29 is 14.3 Å². The summed E-state index contributed by atoms with van der Waals surface area (Å²) in [6, 6.07) is 8.63. The van der Waals surface area contributed by atoms with Gasteiger partial charge >= 0.3 is 0 Å². The van der Waals surface area contributed by atoms with Crippen molar-refractivity contribution in [3.8, 4) is 5.75 Å². The number of rotatable bonds is 6. The average molecular weight is 343 g/mol. The number of ether oxygens (including phenoxy) is 1. The van der Waals surface area contributed by atoms with Crippen LogP contribution in [0, 0.1) is 0 Å². The minimum atomic E-state index is -0.532. The normalized spacial score (nSPS) is 10.2. The molecule has 0 aliphatic carbocycles. The van der Waals surface area contributed by atoms with Gasteiger partial charge in [-0.1, -0.05) is 12.1 Å². The summed E-state index contributed by atoms with van der Waals surface area (Å²) in [7, 11) is 3.17. The van der Waals surface area contributed by atoms with E-state index in [1.54, 1.807) is 21.1 Å². The van der Waals surface area contributed by atoms with Crippen LogP contribution in [0.25, 0.3) is 0 Å². The third kappa shape index (κ3) is 4.47. The van der Waals surface area contributed by atoms with Crippen molar-refractivity contribution in [3.05, 3.63) is 63.6 Å². The summed E-state index contributed by atoms with van der Waals surface area (Å²) in [4.78, 5) is 40.3. The number of benzene rings is 1. The van der Waals surface area contributed by atoms with E-state index in [9.17, 15) is 14.4 Å². The van der Waals surface area contributed by atoms with E-state index in [1.807, 2.05) is 24.3 Å². The molecule has 0 unspecified atom stereocenters. The van der Waals surface area contributed by atoms with Gasteiger partial charge in [0.15, 0.2) is 0 Å². The zero-order valence-corrected chi connectivity index (χ0v) is 14.5. The Balaban J connectivity index is 2.22. The predicted molar refractivity (Wildman–Crippen MR) is 93.9 cm³/mol. The number of nitrogens with one attached hydrogen (secondary N) is 2. The van der Waals surface area contributed by atoms with Gasteiger partial charge in [0.2, 0.25) is 0 Å². The van der Waals surface area contributed by atoms with Crippen LogP contribution in [0.15, 0.2) is 41.3 Å². The number of H-pyrrole nitrogens is 1. The summed E-state index contributed by atoms with van der Waals surface area (Å²) in [6.07, 6.45) is 1.30. The van der Waals surface area contributed by atoms with Crippen LogP contribution in [0.4, 0.5) is 0 Å². The van der Waals surface area contributed by atoms with Crippen molar-refractivity contribution in [3.63, 3.8) is 0 Å². The van der Waals surface area contributed by atoms with E-state index in [2.05, 4.69) is 10.3 Å². The summed E-state index contributed by atoms with van der Waals surface area (Å²) in [6.45, 7) is 2.55. The molecular weight excluding hydrogens is 322 g/mol. The SMILES string of the molecule is CCNC(=O)c1c[nH]c(=O)c(C(=O)N(C)Cc2cccc(OC)c2)c1. The molecule has 2 rings (SSSR count). The lowest BCUT2D eigenvalue weighted by atomic mass is 10.1. The molecule has 2 aromatic rings. The molecular formula is C18H21N3O4. The summed E-state index contributed by atoms with van der Waals surface area (Å²) < 4.78 is 5.16. The summed E-state index contributed by atoms with van der Waals surface area (Å²) in [5.74, 6) is -0.118. The highest BCUT2D eigenvalue weighted by Crippen LogP contribution is 2.14. The zero-order chi connectivity index (χ0) is 18.4. The summed E-state index contributed by atoms with van der Waals surface area (Å²) in [5, 5.41) is 2.63. The fourth-order valence-electron chi connectivity index (χ4n) is 2.36. The Morgan fingerprint density at radius 2 is 2.04 bits per heavy atom. The number of carbonyl (C=O) groups is 2. The van der Waals surface area contributed by atoms with Crippen molar-refractivity contribution in [1.82, 2.24) is 15.2 Å². The lowest BCUT2D eigenvalue weighted by molar-refractivity contribution is 0.0783. The molecule has 0 aliphatic heterocycles. The quantitative estimate of drug-likeness (QED) is 0.829. The molecule has 0 bridgehead atoms. The molecule has 0 atom stereocenters. The Hall–Kier alpha value is -3.09. The lowest BCUT2D eigenvalue weighted by Gasteiger charge is -2.17. The third-order valence-electron chi connectivity index (χ3n) is 3.63. The second kappa shape index (κ2) is 8.14. The smallest absolute Gasteiger partial charge is 0.260 e. The van der Waals surface area contributed by atoms with E-state index >= 15 is 0 Å². The number of nitrogens with zero attached hydrogens (tertiary/aromatic N) is 1. The maximum absolute atomic E-state index is 12.6. The fourth-order valence-corrected chi connectivity index (χ4v) is 2.36. The van der Waals surface area contributed by atoms with E-state index in [4.69, 9.17) is 4.74 Å². The minimum absolute atomic E-state index is 0.0749. The van der Waals surface area contributed by atoms with Gasteiger partial charge in [-0.25, -0.2) is 0 Å². The van der Waals surface area contributed by atoms with Crippen LogP contribution in [-0.4, -0.2) is 42.4 Å². The van der Waals surface area contributed by atoms with Gasteiger partial charge < -0.3 is 19.9 Å². The highest BCUT2D eigenvalue weighted by atomic mass is 16.5. The van der Waals surface area contributed by atoms with Gasteiger partial charge in [0.05, 0.1) is 12.7 Å². The maximum atomic E-state index is 12.6. The van der Waals surface area contributed by atoms with Gasteiger partial charge in [0.25, 0.3) is 17.4 Å². The molecule has 0 saturated heterocycles. The number of carbonyl (C=O) groups excluding carboxylic acids is 2. The van der Waals surface area contributed by atoms with Gasteiger partial charge in [-0.2, -0.15) is 0 Å². The molecule has 2 N–H and O–H groups in total. The fraction of sp³-hybridized carbons (Fsp3) is 0.278. The van der Waals surface area contributed by atoms with Crippen molar-refractivity contribution in [1.29, 1.82) is 0 Å². The van der Waals surface area contributed by atoms with Gasteiger partial charge in [-0.15, -0.1) is 0 Å². The number of aromatic amines is 1. The Labute approximate surface area is 145 Å². The number of aromatic nitrogens is 1. The second-order valence-corrected chi connectivity index (χ2v) is 5.50. The van der Waals surface area contributed by atoms with Crippen molar-refractivity contribution in [2.75, 3.05) is 20.7 Å². The Kier molecular flexibility index (Phi) is 5.94. The average Bonchev–Trinajstić information content (AvgIpc) is 2.61. The highest BCUT2D eigenvalue weighted by Gasteiger charge is 2.18. The van der Waals surface area contributed by atoms with Crippen LogP contribution in [0.5, 0.6) is 5.75 Å². The van der Waals surface area contributed by atoms with E-state index in [0.29, 0.717) is 18.8 Å². The first-order valence-electron chi connectivity index (χ1n) is 7.85. The van der Waals surface area contributed by atoms with Crippen molar-refractivity contribution in [2.45, 2.75) is 13.5 Å². The Morgan fingerprint density at radius 1 is 1.28 bits per heavy atom. The first kappa shape index (κ1) is 18.3. The van der Waals surface area contributed by atoms with Crippen LogP contribution < -0.4 is 15.6 Å². The number of amides is 2. The van der Waals surface area contributed by atoms with E-state index < -0.39 is 11.5 Å². The molecule has 0 radical (unpaired) electrons. The monoisotopic (exact) mass is 343 g/mol. The lowest BCUT2D eigenvalue weighted by Crippen LogP contribution is -2.32. The van der Waals surface area contributed by atoms with Crippen LogP contribution in [0.2, 0.25) is 0 Å². The van der Waals surface area contributed by atoms with Gasteiger partial charge in [0, 0.05) is 26.3 Å². The van der Waals surface area contributed by atoms with Crippen LogP contribution >= 0.6 is 0 Å². The van der Waals surface area contributed by atoms with Gasteiger partial charge in [0.1, 0.15) is 11.3 Å². The molecule has 132 valence electrons. The first-order chi connectivity index (χ1) is 12.0. The number of pyridine rings is 1.